The van der Waals surface area contributed by atoms with E-state index in [4.69, 9.17) is 9.84 Å². The highest BCUT2D eigenvalue weighted by Gasteiger charge is 2.46. The molecular weight excluding hydrogens is 222 g/mol. The van der Waals surface area contributed by atoms with Crippen molar-refractivity contribution < 1.29 is 19.4 Å². The lowest BCUT2D eigenvalue weighted by Gasteiger charge is -2.22. The van der Waals surface area contributed by atoms with Crippen molar-refractivity contribution >= 4 is 12.1 Å². The van der Waals surface area contributed by atoms with E-state index in [-0.39, 0.29) is 6.42 Å². The molecule has 100 valence electrons. The van der Waals surface area contributed by atoms with Crippen molar-refractivity contribution in [3.63, 3.8) is 0 Å². The maximum absolute atomic E-state index is 11.4. The predicted octanol–water partition coefficient (Wildman–Crippen LogP) is 2.54. The molecule has 1 amide bonds. The molecule has 0 aromatic heterocycles. The molecule has 0 bridgehead atoms. The minimum atomic E-state index is -0.899. The molecule has 0 aromatic rings. The van der Waals surface area contributed by atoms with Crippen LogP contribution in [0.15, 0.2) is 0 Å². The fourth-order valence-corrected chi connectivity index (χ4v) is 1.31. The fraction of sp³-hybridized carbons (Fsp3) is 0.833. The zero-order chi connectivity index (χ0) is 13.7. The predicted molar refractivity (Wildman–Crippen MR) is 64.9 cm³/mol. The Bertz CT molecular complexity index is 277. The second kappa shape index (κ2) is 5.89. The lowest BCUT2D eigenvalue weighted by molar-refractivity contribution is -0.137. The van der Waals surface area contributed by atoms with E-state index in [9.17, 15) is 9.59 Å². The van der Waals surface area contributed by atoms with Gasteiger partial charge in [0.25, 0.3) is 0 Å². The molecule has 1 aliphatic carbocycles. The number of nitrogens with one attached hydrogen (secondary N) is 1. The molecule has 1 saturated carbocycles. The zero-order valence-corrected chi connectivity index (χ0v) is 11.3. The van der Waals surface area contributed by atoms with Gasteiger partial charge in [-0.3, -0.25) is 4.79 Å². The van der Waals surface area contributed by atoms with Crippen LogP contribution in [0.1, 0.15) is 53.9 Å². The van der Waals surface area contributed by atoms with E-state index in [0.29, 0.717) is 12.8 Å². The molecule has 1 aliphatic rings. The molecular formula is C12H23NO4. The van der Waals surface area contributed by atoms with Crippen LogP contribution in [-0.4, -0.2) is 28.3 Å². The topological polar surface area (TPSA) is 75.6 Å². The molecule has 5 heteroatoms. The summed E-state index contributed by atoms with van der Waals surface area (Å²) < 4.78 is 5.05. The molecule has 0 saturated heterocycles. The van der Waals surface area contributed by atoms with Gasteiger partial charge >= 0.3 is 12.1 Å². The van der Waals surface area contributed by atoms with Gasteiger partial charge in [-0.2, -0.15) is 0 Å². The number of carboxylic acids is 1. The second-order valence-electron chi connectivity index (χ2n) is 4.98. The molecule has 0 heterocycles. The lowest BCUT2D eigenvalue weighted by atomic mass is 10.2. The number of rotatable bonds is 3. The Labute approximate surface area is 103 Å². The molecule has 5 nitrogen and oxygen atoms in total. The van der Waals surface area contributed by atoms with Gasteiger partial charge in [-0.15, -0.1) is 0 Å². The highest BCUT2D eigenvalue weighted by atomic mass is 16.6. The zero-order valence-electron chi connectivity index (χ0n) is 11.3. The average Bonchev–Trinajstić information content (AvgIpc) is 2.83. The van der Waals surface area contributed by atoms with Crippen molar-refractivity contribution in [2.75, 3.05) is 0 Å². The summed E-state index contributed by atoms with van der Waals surface area (Å²) in [6.07, 6.45) is 0.838. The standard InChI is InChI=1S/C10H17NO4.C2H6/c1-9(2,3)15-8(14)11-10(4-5-10)6-7(12)13;1-2/h4-6H2,1-3H3,(H,11,14)(H,12,13);1-2H3. The molecule has 0 atom stereocenters. The van der Waals surface area contributed by atoms with E-state index in [2.05, 4.69) is 5.32 Å². The van der Waals surface area contributed by atoms with Crippen LogP contribution in [-0.2, 0) is 9.53 Å². The first-order chi connectivity index (χ1) is 7.72. The first-order valence-corrected chi connectivity index (χ1v) is 5.95. The summed E-state index contributed by atoms with van der Waals surface area (Å²) in [4.78, 5) is 21.9. The minimum Gasteiger partial charge on any atom is -0.481 e. The Kier molecular flexibility index (Phi) is 5.45. The molecule has 1 rings (SSSR count). The van der Waals surface area contributed by atoms with Crippen molar-refractivity contribution in [2.24, 2.45) is 0 Å². The third-order valence-electron chi connectivity index (χ3n) is 2.11. The Balaban J connectivity index is 0.00000121. The molecule has 0 unspecified atom stereocenters. The van der Waals surface area contributed by atoms with E-state index in [0.717, 1.165) is 0 Å². The van der Waals surface area contributed by atoms with E-state index in [1.165, 1.54) is 0 Å². The SMILES string of the molecule is CC.CC(C)(C)OC(=O)NC1(CC(=O)O)CC1. The highest BCUT2D eigenvalue weighted by Crippen LogP contribution is 2.38. The number of hydrogen-bond donors (Lipinski definition) is 2. The van der Waals surface area contributed by atoms with Gasteiger partial charge in [-0.25, -0.2) is 4.79 Å². The van der Waals surface area contributed by atoms with E-state index in [1.807, 2.05) is 13.8 Å². The van der Waals surface area contributed by atoms with Gasteiger partial charge in [0.15, 0.2) is 0 Å². The first kappa shape index (κ1) is 15.7. The Morgan fingerprint density at radius 1 is 1.29 bits per heavy atom. The lowest BCUT2D eigenvalue weighted by Crippen LogP contribution is -2.41. The Morgan fingerprint density at radius 2 is 1.76 bits per heavy atom. The van der Waals surface area contributed by atoms with Crippen LogP contribution in [0.2, 0.25) is 0 Å². The highest BCUT2D eigenvalue weighted by molar-refractivity contribution is 5.74. The summed E-state index contributed by atoms with van der Waals surface area (Å²) in [7, 11) is 0. The molecule has 0 spiro atoms. The number of carbonyl (C=O) groups excluding carboxylic acids is 1. The quantitative estimate of drug-likeness (QED) is 0.801. The average molecular weight is 245 g/mol. The van der Waals surface area contributed by atoms with Crippen LogP contribution in [0.3, 0.4) is 0 Å². The number of carboxylic acid groups (broad SMARTS) is 1. The molecule has 0 radical (unpaired) electrons. The van der Waals surface area contributed by atoms with E-state index < -0.39 is 23.2 Å². The minimum absolute atomic E-state index is 0.0355. The second-order valence-corrected chi connectivity index (χ2v) is 4.98. The van der Waals surface area contributed by atoms with Gasteiger partial charge in [0, 0.05) is 0 Å². The number of amides is 1. The summed E-state index contributed by atoms with van der Waals surface area (Å²) in [6.45, 7) is 9.30. The van der Waals surface area contributed by atoms with Crippen LogP contribution < -0.4 is 5.32 Å². The molecule has 0 aliphatic heterocycles. The number of carbonyl (C=O) groups is 2. The molecule has 2 N–H and O–H groups in total. The van der Waals surface area contributed by atoms with Crippen molar-refractivity contribution in [3.05, 3.63) is 0 Å². The number of aliphatic carboxylic acids is 1. The number of alkyl carbamates (subject to hydrolysis) is 1. The molecule has 1 fully saturated rings. The third kappa shape index (κ3) is 6.81. The fourth-order valence-electron chi connectivity index (χ4n) is 1.31. The summed E-state index contributed by atoms with van der Waals surface area (Å²) in [5.41, 5.74) is -1.11. The van der Waals surface area contributed by atoms with Crippen LogP contribution in [0.25, 0.3) is 0 Å². The van der Waals surface area contributed by atoms with Crippen LogP contribution >= 0.6 is 0 Å². The maximum atomic E-state index is 11.4. The van der Waals surface area contributed by atoms with Gasteiger partial charge in [-0.1, -0.05) is 13.8 Å². The largest absolute Gasteiger partial charge is 0.481 e. The summed E-state index contributed by atoms with van der Waals surface area (Å²) >= 11 is 0. The van der Waals surface area contributed by atoms with Gasteiger partial charge in [0.05, 0.1) is 12.0 Å². The van der Waals surface area contributed by atoms with E-state index in [1.54, 1.807) is 20.8 Å². The van der Waals surface area contributed by atoms with Crippen LogP contribution in [0.4, 0.5) is 4.79 Å². The smallest absolute Gasteiger partial charge is 0.408 e. The number of hydrogen-bond acceptors (Lipinski definition) is 3. The third-order valence-corrected chi connectivity index (χ3v) is 2.11. The summed E-state index contributed by atoms with van der Waals surface area (Å²) in [5.74, 6) is -0.899. The summed E-state index contributed by atoms with van der Waals surface area (Å²) in [6, 6.07) is 0. The van der Waals surface area contributed by atoms with E-state index >= 15 is 0 Å². The Hall–Kier alpha value is -1.26. The summed E-state index contributed by atoms with van der Waals surface area (Å²) in [5, 5.41) is 11.3. The molecule has 17 heavy (non-hydrogen) atoms. The number of ether oxygens (including phenoxy) is 1. The van der Waals surface area contributed by atoms with Crippen LogP contribution in [0.5, 0.6) is 0 Å². The van der Waals surface area contributed by atoms with Crippen molar-refractivity contribution in [3.8, 4) is 0 Å². The van der Waals surface area contributed by atoms with Gasteiger partial charge in [-0.05, 0) is 33.6 Å². The van der Waals surface area contributed by atoms with Crippen molar-refractivity contribution in [1.82, 2.24) is 5.32 Å². The van der Waals surface area contributed by atoms with Gasteiger partial charge in [0.1, 0.15) is 5.60 Å². The van der Waals surface area contributed by atoms with Crippen LogP contribution in [0, 0.1) is 0 Å². The van der Waals surface area contributed by atoms with Gasteiger partial charge in [0.2, 0.25) is 0 Å². The Morgan fingerprint density at radius 3 is 2.06 bits per heavy atom. The molecule has 0 aromatic carbocycles. The van der Waals surface area contributed by atoms with Crippen molar-refractivity contribution in [2.45, 2.75) is 65.0 Å². The maximum Gasteiger partial charge on any atom is 0.408 e. The van der Waals surface area contributed by atoms with Gasteiger partial charge < -0.3 is 15.2 Å². The normalized spacial score (nSPS) is 16.3. The monoisotopic (exact) mass is 245 g/mol. The van der Waals surface area contributed by atoms with Crippen molar-refractivity contribution in [1.29, 1.82) is 0 Å². The first-order valence-electron chi connectivity index (χ1n) is 5.95.